The summed E-state index contributed by atoms with van der Waals surface area (Å²) < 4.78 is 5.24. The van der Waals surface area contributed by atoms with Gasteiger partial charge in [-0.15, -0.1) is 0 Å². The van der Waals surface area contributed by atoms with Gasteiger partial charge in [-0.1, -0.05) is 0 Å². The molecule has 1 aromatic carbocycles. The van der Waals surface area contributed by atoms with Crippen LogP contribution in [0.4, 0.5) is 11.4 Å². The van der Waals surface area contributed by atoms with Gasteiger partial charge in [0.2, 0.25) is 0 Å². The Labute approximate surface area is 104 Å². The van der Waals surface area contributed by atoms with Gasteiger partial charge < -0.3 is 20.9 Å². The van der Waals surface area contributed by atoms with Crippen molar-refractivity contribution in [1.29, 1.82) is 0 Å². The highest BCUT2D eigenvalue weighted by molar-refractivity contribution is 5.98. The fourth-order valence-electron chi connectivity index (χ4n) is 1.81. The van der Waals surface area contributed by atoms with Gasteiger partial charge in [0, 0.05) is 6.61 Å². The highest BCUT2D eigenvalue weighted by atomic mass is 16.5. The van der Waals surface area contributed by atoms with Crippen LogP contribution in [0.1, 0.15) is 23.2 Å². The van der Waals surface area contributed by atoms with Crippen LogP contribution in [-0.4, -0.2) is 29.7 Å². The minimum absolute atomic E-state index is 0.0858. The van der Waals surface area contributed by atoms with Crippen molar-refractivity contribution < 1.29 is 19.4 Å². The molecule has 0 radical (unpaired) electrons. The van der Waals surface area contributed by atoms with Crippen molar-refractivity contribution in [2.24, 2.45) is 0 Å². The Hall–Kier alpha value is -2.08. The van der Waals surface area contributed by atoms with Crippen LogP contribution in [0.5, 0.6) is 0 Å². The van der Waals surface area contributed by atoms with Crippen molar-refractivity contribution in [2.75, 3.05) is 17.7 Å². The molecule has 1 aromatic rings. The molecule has 0 saturated carbocycles. The van der Waals surface area contributed by atoms with Gasteiger partial charge in [0.15, 0.2) is 0 Å². The number of hydrogen-bond donors (Lipinski definition) is 3. The molecule has 1 fully saturated rings. The van der Waals surface area contributed by atoms with Crippen molar-refractivity contribution >= 4 is 23.3 Å². The first-order valence-electron chi connectivity index (χ1n) is 5.63. The van der Waals surface area contributed by atoms with Crippen LogP contribution >= 0.6 is 0 Å². The molecule has 96 valence electrons. The normalized spacial score (nSPS) is 18.6. The first-order chi connectivity index (χ1) is 8.58. The second-order valence-corrected chi connectivity index (χ2v) is 4.10. The monoisotopic (exact) mass is 250 g/mol. The van der Waals surface area contributed by atoms with Crippen LogP contribution in [0, 0.1) is 0 Å². The van der Waals surface area contributed by atoms with Gasteiger partial charge in [-0.2, -0.15) is 0 Å². The maximum absolute atomic E-state index is 11.8. The molecular formula is C12H14N2O4. The molecule has 1 unspecified atom stereocenters. The summed E-state index contributed by atoms with van der Waals surface area (Å²) in [6.45, 7) is 0.589. The standard InChI is InChI=1S/C12H14N2O4/c13-8-6-7(12(16)17)3-4-9(8)14-11(15)10-2-1-5-18-10/h3-4,6,10H,1-2,5,13H2,(H,14,15)(H,16,17). The molecule has 1 heterocycles. The third kappa shape index (κ3) is 2.60. The Morgan fingerprint density at radius 3 is 2.78 bits per heavy atom. The molecule has 1 saturated heterocycles. The summed E-state index contributed by atoms with van der Waals surface area (Å²) in [6, 6.07) is 4.18. The molecule has 4 N–H and O–H groups in total. The van der Waals surface area contributed by atoms with Gasteiger partial charge in [-0.25, -0.2) is 4.79 Å². The molecule has 0 bridgehead atoms. The number of anilines is 2. The first-order valence-corrected chi connectivity index (χ1v) is 5.63. The number of ether oxygens (including phenoxy) is 1. The molecule has 1 atom stereocenters. The number of nitrogen functional groups attached to an aromatic ring is 1. The van der Waals surface area contributed by atoms with Crippen molar-refractivity contribution in [1.82, 2.24) is 0 Å². The highest BCUT2D eigenvalue weighted by Gasteiger charge is 2.24. The zero-order chi connectivity index (χ0) is 13.1. The lowest BCUT2D eigenvalue weighted by molar-refractivity contribution is -0.124. The summed E-state index contributed by atoms with van der Waals surface area (Å²) in [5.41, 5.74) is 6.40. The van der Waals surface area contributed by atoms with Gasteiger partial charge in [0.1, 0.15) is 6.10 Å². The molecule has 1 amide bonds. The van der Waals surface area contributed by atoms with Crippen molar-refractivity contribution in [3.05, 3.63) is 23.8 Å². The molecule has 6 nitrogen and oxygen atoms in total. The van der Waals surface area contributed by atoms with E-state index < -0.39 is 12.1 Å². The second kappa shape index (κ2) is 5.05. The average Bonchev–Trinajstić information content (AvgIpc) is 2.85. The third-order valence-corrected chi connectivity index (χ3v) is 2.78. The van der Waals surface area contributed by atoms with Gasteiger partial charge in [0.05, 0.1) is 16.9 Å². The molecule has 18 heavy (non-hydrogen) atoms. The van der Waals surface area contributed by atoms with E-state index in [0.717, 1.165) is 6.42 Å². The topological polar surface area (TPSA) is 102 Å². The zero-order valence-electron chi connectivity index (χ0n) is 9.68. The number of aromatic carboxylic acids is 1. The van der Waals surface area contributed by atoms with Crippen LogP contribution in [-0.2, 0) is 9.53 Å². The Morgan fingerprint density at radius 1 is 1.44 bits per heavy atom. The van der Waals surface area contributed by atoms with Gasteiger partial charge in [0.25, 0.3) is 5.91 Å². The van der Waals surface area contributed by atoms with E-state index in [1.807, 2.05) is 0 Å². The van der Waals surface area contributed by atoms with E-state index in [9.17, 15) is 9.59 Å². The molecule has 2 rings (SSSR count). The van der Waals surface area contributed by atoms with Crippen LogP contribution in [0.2, 0.25) is 0 Å². The lowest BCUT2D eigenvalue weighted by Crippen LogP contribution is -2.27. The lowest BCUT2D eigenvalue weighted by Gasteiger charge is -2.12. The van der Waals surface area contributed by atoms with E-state index in [1.54, 1.807) is 0 Å². The van der Waals surface area contributed by atoms with Crippen LogP contribution in [0.3, 0.4) is 0 Å². The van der Waals surface area contributed by atoms with Gasteiger partial charge in [-0.05, 0) is 31.0 Å². The molecule has 1 aliphatic heterocycles. The summed E-state index contributed by atoms with van der Waals surface area (Å²) in [6.07, 6.45) is 1.12. The van der Waals surface area contributed by atoms with Gasteiger partial charge in [-0.3, -0.25) is 4.79 Å². The quantitative estimate of drug-likeness (QED) is 0.697. The minimum atomic E-state index is -1.06. The number of rotatable bonds is 3. The predicted molar refractivity (Wildman–Crippen MR) is 65.4 cm³/mol. The van der Waals surface area contributed by atoms with Crippen molar-refractivity contribution in [3.63, 3.8) is 0 Å². The van der Waals surface area contributed by atoms with E-state index >= 15 is 0 Å². The van der Waals surface area contributed by atoms with Crippen LogP contribution < -0.4 is 11.1 Å². The smallest absolute Gasteiger partial charge is 0.335 e. The molecule has 0 aromatic heterocycles. The average molecular weight is 250 g/mol. The van der Waals surface area contributed by atoms with Crippen LogP contribution in [0.25, 0.3) is 0 Å². The van der Waals surface area contributed by atoms with E-state index in [2.05, 4.69) is 5.32 Å². The summed E-state index contributed by atoms with van der Waals surface area (Å²) in [7, 11) is 0. The molecular weight excluding hydrogens is 236 g/mol. The number of nitrogens with one attached hydrogen (secondary N) is 1. The lowest BCUT2D eigenvalue weighted by atomic mass is 10.1. The molecule has 1 aliphatic rings. The maximum atomic E-state index is 11.8. The summed E-state index contributed by atoms with van der Waals surface area (Å²) in [5, 5.41) is 11.4. The van der Waals surface area contributed by atoms with Crippen molar-refractivity contribution in [3.8, 4) is 0 Å². The SMILES string of the molecule is Nc1cc(C(=O)O)ccc1NC(=O)C1CCCO1. The Balaban J connectivity index is 2.09. The van der Waals surface area contributed by atoms with Crippen molar-refractivity contribution in [2.45, 2.75) is 18.9 Å². The largest absolute Gasteiger partial charge is 0.478 e. The Bertz CT molecular complexity index is 481. The van der Waals surface area contributed by atoms with E-state index in [4.69, 9.17) is 15.6 Å². The zero-order valence-corrected chi connectivity index (χ0v) is 9.68. The number of carbonyl (C=O) groups excluding carboxylic acids is 1. The Kier molecular flexibility index (Phi) is 3.47. The Morgan fingerprint density at radius 2 is 2.22 bits per heavy atom. The van der Waals surface area contributed by atoms with E-state index in [0.29, 0.717) is 18.7 Å². The highest BCUT2D eigenvalue weighted by Crippen LogP contribution is 2.21. The maximum Gasteiger partial charge on any atom is 0.335 e. The number of nitrogens with two attached hydrogens (primary N) is 1. The fraction of sp³-hybridized carbons (Fsp3) is 0.333. The molecule has 0 spiro atoms. The molecule has 6 heteroatoms. The molecule has 0 aliphatic carbocycles. The first kappa shape index (κ1) is 12.4. The predicted octanol–water partition coefficient (Wildman–Crippen LogP) is 1.08. The summed E-state index contributed by atoms with van der Waals surface area (Å²) in [5.74, 6) is -1.30. The summed E-state index contributed by atoms with van der Waals surface area (Å²) >= 11 is 0. The number of hydrogen-bond acceptors (Lipinski definition) is 4. The number of carbonyl (C=O) groups is 2. The van der Waals surface area contributed by atoms with Gasteiger partial charge >= 0.3 is 5.97 Å². The van der Waals surface area contributed by atoms with E-state index in [-0.39, 0.29) is 17.2 Å². The fourth-order valence-corrected chi connectivity index (χ4v) is 1.81. The second-order valence-electron chi connectivity index (χ2n) is 4.10. The number of amides is 1. The van der Waals surface area contributed by atoms with E-state index in [1.165, 1.54) is 18.2 Å². The minimum Gasteiger partial charge on any atom is -0.478 e. The third-order valence-electron chi connectivity index (χ3n) is 2.78. The summed E-state index contributed by atoms with van der Waals surface area (Å²) in [4.78, 5) is 22.5. The van der Waals surface area contributed by atoms with Crippen LogP contribution in [0.15, 0.2) is 18.2 Å². The number of carboxylic acids is 1. The number of carboxylic acid groups (broad SMARTS) is 1. The number of benzene rings is 1.